The number of amides is 1. The van der Waals surface area contributed by atoms with Crippen molar-refractivity contribution in [2.75, 3.05) is 26.2 Å². The van der Waals surface area contributed by atoms with E-state index < -0.39 is 0 Å². The Bertz CT molecular complexity index is 769. The smallest absolute Gasteiger partial charge is 0.254 e. The van der Waals surface area contributed by atoms with Crippen molar-refractivity contribution in [3.8, 4) is 0 Å². The number of nitrogens with zero attached hydrogens (tertiary/aromatic N) is 2. The van der Waals surface area contributed by atoms with Gasteiger partial charge in [0.2, 0.25) is 0 Å². The summed E-state index contributed by atoms with van der Waals surface area (Å²) in [7, 11) is 0. The highest BCUT2D eigenvalue weighted by molar-refractivity contribution is 14.1. The molecular weight excluding hydrogens is 437 g/mol. The van der Waals surface area contributed by atoms with Crippen molar-refractivity contribution >= 4 is 28.5 Å². The molecule has 0 atom stereocenters. The zero-order chi connectivity index (χ0) is 17.8. The van der Waals surface area contributed by atoms with Crippen molar-refractivity contribution in [1.29, 1.82) is 0 Å². The van der Waals surface area contributed by atoms with Crippen molar-refractivity contribution < 1.29 is 13.6 Å². The molecule has 0 bridgehead atoms. The van der Waals surface area contributed by atoms with Crippen molar-refractivity contribution in [1.82, 2.24) is 9.80 Å². The number of hydrogen-bond acceptors (Lipinski definition) is 2. The average molecular weight is 456 g/mol. The standard InChI is InChI=1S/C19H19F2IN2O/c20-15-6-7-16(18(22)12-15)19(25)24-9-3-8-23(10-11-24)13-14-4-1-2-5-17(14)21/h1-2,4-7,12H,3,8-11,13H2. The van der Waals surface area contributed by atoms with Crippen LogP contribution in [0.2, 0.25) is 0 Å². The Morgan fingerprint density at radius 2 is 1.84 bits per heavy atom. The molecule has 6 heteroatoms. The molecule has 132 valence electrons. The molecule has 1 amide bonds. The van der Waals surface area contributed by atoms with Gasteiger partial charge < -0.3 is 4.90 Å². The summed E-state index contributed by atoms with van der Waals surface area (Å²) in [6.45, 7) is 3.29. The number of carbonyl (C=O) groups is 1. The zero-order valence-electron chi connectivity index (χ0n) is 13.7. The van der Waals surface area contributed by atoms with Crippen LogP contribution in [0.4, 0.5) is 8.78 Å². The second-order valence-corrected chi connectivity index (χ2v) is 7.30. The molecule has 25 heavy (non-hydrogen) atoms. The van der Waals surface area contributed by atoms with Crippen LogP contribution in [0.3, 0.4) is 0 Å². The lowest BCUT2D eigenvalue weighted by Gasteiger charge is -2.22. The molecule has 1 aliphatic rings. The molecule has 1 aliphatic heterocycles. The van der Waals surface area contributed by atoms with Crippen LogP contribution in [0.5, 0.6) is 0 Å². The molecule has 0 spiro atoms. The van der Waals surface area contributed by atoms with Crippen molar-refractivity contribution in [2.24, 2.45) is 0 Å². The van der Waals surface area contributed by atoms with Gasteiger partial charge in [0.1, 0.15) is 11.6 Å². The molecule has 0 radical (unpaired) electrons. The minimum absolute atomic E-state index is 0.0721. The van der Waals surface area contributed by atoms with E-state index in [1.165, 1.54) is 18.2 Å². The van der Waals surface area contributed by atoms with Crippen molar-refractivity contribution in [3.05, 3.63) is 68.8 Å². The zero-order valence-corrected chi connectivity index (χ0v) is 15.9. The summed E-state index contributed by atoms with van der Waals surface area (Å²) in [6, 6.07) is 11.0. The average Bonchev–Trinajstić information content (AvgIpc) is 2.82. The minimum Gasteiger partial charge on any atom is -0.337 e. The quantitative estimate of drug-likeness (QED) is 0.654. The summed E-state index contributed by atoms with van der Waals surface area (Å²) in [5.41, 5.74) is 1.21. The number of hydrogen-bond donors (Lipinski definition) is 0. The third kappa shape index (κ3) is 4.55. The molecule has 1 fully saturated rings. The lowest BCUT2D eigenvalue weighted by atomic mass is 10.2. The molecule has 0 saturated carbocycles. The predicted octanol–water partition coefficient (Wildman–Crippen LogP) is 3.92. The van der Waals surface area contributed by atoms with Gasteiger partial charge >= 0.3 is 0 Å². The largest absolute Gasteiger partial charge is 0.337 e. The van der Waals surface area contributed by atoms with E-state index in [9.17, 15) is 13.6 Å². The van der Waals surface area contributed by atoms with Crippen LogP contribution in [-0.2, 0) is 6.54 Å². The van der Waals surface area contributed by atoms with Gasteiger partial charge in [0.15, 0.2) is 0 Å². The highest BCUT2D eigenvalue weighted by atomic mass is 127. The van der Waals surface area contributed by atoms with Gasteiger partial charge in [-0.2, -0.15) is 0 Å². The second-order valence-electron chi connectivity index (χ2n) is 6.14. The van der Waals surface area contributed by atoms with Crippen LogP contribution in [0.25, 0.3) is 0 Å². The third-order valence-electron chi connectivity index (χ3n) is 4.39. The molecule has 2 aromatic rings. The first-order valence-corrected chi connectivity index (χ1v) is 9.32. The van der Waals surface area contributed by atoms with Crippen LogP contribution in [0.1, 0.15) is 22.3 Å². The van der Waals surface area contributed by atoms with Crippen molar-refractivity contribution in [2.45, 2.75) is 13.0 Å². The Labute approximate surface area is 159 Å². The van der Waals surface area contributed by atoms with E-state index in [-0.39, 0.29) is 17.5 Å². The van der Waals surface area contributed by atoms with Crippen LogP contribution in [-0.4, -0.2) is 41.9 Å². The molecule has 1 heterocycles. The normalized spacial score (nSPS) is 15.9. The molecular formula is C19H19F2IN2O. The van der Waals surface area contributed by atoms with Gasteiger partial charge in [-0.15, -0.1) is 0 Å². The Balaban J connectivity index is 1.65. The van der Waals surface area contributed by atoms with Gasteiger partial charge in [0, 0.05) is 41.9 Å². The fourth-order valence-corrected chi connectivity index (χ4v) is 3.74. The van der Waals surface area contributed by atoms with Crippen LogP contribution in [0, 0.1) is 15.2 Å². The minimum atomic E-state index is -0.340. The van der Waals surface area contributed by atoms with E-state index in [4.69, 9.17) is 0 Å². The molecule has 0 aromatic heterocycles. The summed E-state index contributed by atoms with van der Waals surface area (Å²) >= 11 is 1.99. The van der Waals surface area contributed by atoms with E-state index in [0.29, 0.717) is 40.9 Å². The van der Waals surface area contributed by atoms with Gasteiger partial charge in [-0.25, -0.2) is 8.78 Å². The fourth-order valence-electron chi connectivity index (χ4n) is 3.03. The number of halogens is 3. The fraction of sp³-hybridized carbons (Fsp3) is 0.316. The van der Waals surface area contributed by atoms with E-state index in [0.717, 1.165) is 13.0 Å². The summed E-state index contributed by atoms with van der Waals surface area (Å²) in [4.78, 5) is 16.7. The number of benzene rings is 2. The van der Waals surface area contributed by atoms with Gasteiger partial charge in [-0.1, -0.05) is 18.2 Å². The molecule has 3 rings (SSSR count). The van der Waals surface area contributed by atoms with Crippen molar-refractivity contribution in [3.63, 3.8) is 0 Å². The lowest BCUT2D eigenvalue weighted by molar-refractivity contribution is 0.0760. The molecule has 3 nitrogen and oxygen atoms in total. The Morgan fingerprint density at radius 3 is 2.60 bits per heavy atom. The molecule has 1 saturated heterocycles. The molecule has 0 unspecified atom stereocenters. The SMILES string of the molecule is O=C(c1ccc(F)cc1I)N1CCCN(Cc2ccccc2F)CC1. The van der Waals surface area contributed by atoms with Gasteiger partial charge in [0.05, 0.1) is 5.56 Å². The first-order chi connectivity index (χ1) is 12.0. The number of carbonyl (C=O) groups excluding carboxylic acids is 1. The Morgan fingerprint density at radius 1 is 1.04 bits per heavy atom. The van der Waals surface area contributed by atoms with E-state index in [1.54, 1.807) is 23.1 Å². The van der Waals surface area contributed by atoms with Gasteiger partial charge in [-0.05, 0) is 53.3 Å². The first kappa shape index (κ1) is 18.3. The lowest BCUT2D eigenvalue weighted by Crippen LogP contribution is -2.35. The topological polar surface area (TPSA) is 23.6 Å². The van der Waals surface area contributed by atoms with Gasteiger partial charge in [0.25, 0.3) is 5.91 Å². The van der Waals surface area contributed by atoms with Gasteiger partial charge in [-0.3, -0.25) is 9.69 Å². The van der Waals surface area contributed by atoms with Crippen LogP contribution < -0.4 is 0 Å². The highest BCUT2D eigenvalue weighted by Gasteiger charge is 2.22. The van der Waals surface area contributed by atoms with E-state index in [1.807, 2.05) is 28.7 Å². The third-order valence-corrected chi connectivity index (χ3v) is 5.28. The molecule has 0 aliphatic carbocycles. The second kappa shape index (κ2) is 8.23. The number of rotatable bonds is 3. The summed E-state index contributed by atoms with van der Waals surface area (Å²) < 4.78 is 27.7. The maximum atomic E-state index is 13.8. The Hall–Kier alpha value is -1.54. The Kier molecular flexibility index (Phi) is 6.01. The molecule has 2 aromatic carbocycles. The predicted molar refractivity (Wildman–Crippen MR) is 101 cm³/mol. The molecule has 0 N–H and O–H groups in total. The summed E-state index contributed by atoms with van der Waals surface area (Å²) in [5.74, 6) is -0.606. The highest BCUT2D eigenvalue weighted by Crippen LogP contribution is 2.18. The monoisotopic (exact) mass is 456 g/mol. The maximum Gasteiger partial charge on any atom is 0.254 e. The summed E-state index contributed by atoms with van der Waals surface area (Å²) in [5, 5.41) is 0. The maximum absolute atomic E-state index is 13.8. The first-order valence-electron chi connectivity index (χ1n) is 8.24. The van der Waals surface area contributed by atoms with Crippen LogP contribution in [0.15, 0.2) is 42.5 Å². The van der Waals surface area contributed by atoms with E-state index in [2.05, 4.69) is 4.90 Å². The van der Waals surface area contributed by atoms with Crippen LogP contribution >= 0.6 is 22.6 Å². The summed E-state index contributed by atoms with van der Waals surface area (Å²) in [6.07, 6.45) is 0.831. The van der Waals surface area contributed by atoms with E-state index >= 15 is 0 Å².